The molecule has 0 saturated heterocycles. The van der Waals surface area contributed by atoms with Crippen molar-refractivity contribution in [1.82, 2.24) is 0 Å². The van der Waals surface area contributed by atoms with Crippen LogP contribution in [0.4, 0.5) is 0 Å². The van der Waals surface area contributed by atoms with E-state index in [1.807, 2.05) is 6.07 Å². The van der Waals surface area contributed by atoms with E-state index in [0.717, 1.165) is 12.8 Å². The lowest BCUT2D eigenvalue weighted by atomic mass is 10.3. The molecule has 0 saturated carbocycles. The first kappa shape index (κ1) is 14.5. The highest BCUT2D eigenvalue weighted by atomic mass is 16.3. The number of aliphatic hydroxyl groups is 1. The second-order valence-corrected chi connectivity index (χ2v) is 2.41. The van der Waals surface area contributed by atoms with Crippen LogP contribution in [0.25, 0.3) is 0 Å². The Morgan fingerprint density at radius 2 is 1.69 bits per heavy atom. The number of rotatable bonds is 2. The summed E-state index contributed by atoms with van der Waals surface area (Å²) in [5.41, 5.74) is 0. The van der Waals surface area contributed by atoms with Crippen molar-refractivity contribution in [2.45, 2.75) is 19.8 Å². The van der Waals surface area contributed by atoms with E-state index in [1.165, 1.54) is 0 Å². The van der Waals surface area contributed by atoms with Gasteiger partial charge >= 0.3 is 0 Å². The summed E-state index contributed by atoms with van der Waals surface area (Å²) in [6.45, 7) is 2.40. The zero-order valence-electron chi connectivity index (χ0n) is 7.90. The summed E-state index contributed by atoms with van der Waals surface area (Å²) in [7, 11) is 0. The Kier molecular flexibility index (Phi) is 12.2. The largest absolute Gasteiger partial charge is 0.508 e. The van der Waals surface area contributed by atoms with E-state index >= 15 is 0 Å². The molecule has 1 aromatic rings. The van der Waals surface area contributed by atoms with Gasteiger partial charge in [0.05, 0.1) is 0 Å². The van der Waals surface area contributed by atoms with E-state index in [9.17, 15) is 0 Å². The zero-order valence-corrected chi connectivity index (χ0v) is 7.90. The Morgan fingerprint density at radius 3 is 1.85 bits per heavy atom. The van der Waals surface area contributed by atoms with Crippen LogP contribution in [0.3, 0.4) is 0 Å². The van der Waals surface area contributed by atoms with Gasteiger partial charge in [-0.1, -0.05) is 31.5 Å². The van der Waals surface area contributed by atoms with Crippen molar-refractivity contribution >= 4 is 0 Å². The number of unbranched alkanes of at least 4 members (excludes halogenated alkanes) is 1. The highest BCUT2D eigenvalue weighted by molar-refractivity contribution is 5.18. The fourth-order valence-corrected chi connectivity index (χ4v) is 0.586. The normalized spacial score (nSPS) is 7.85. The summed E-state index contributed by atoms with van der Waals surface area (Å²) in [6, 6.07) is 8.71. The first-order valence-electron chi connectivity index (χ1n) is 4.16. The minimum Gasteiger partial charge on any atom is -0.508 e. The summed E-state index contributed by atoms with van der Waals surface area (Å²) in [5.74, 6) is 0.322. The number of hydrogen-bond acceptors (Lipinski definition) is 2. The van der Waals surface area contributed by atoms with Crippen LogP contribution >= 0.6 is 0 Å². The summed E-state index contributed by atoms with van der Waals surface area (Å²) < 4.78 is 0. The maximum atomic E-state index is 8.63. The Balaban J connectivity index is 0. The molecule has 1 rings (SSSR count). The molecule has 0 aliphatic carbocycles. The average Bonchev–Trinajstić information content (AvgIpc) is 2.08. The van der Waals surface area contributed by atoms with Crippen molar-refractivity contribution in [3.05, 3.63) is 30.3 Å². The van der Waals surface area contributed by atoms with Crippen molar-refractivity contribution in [3.63, 3.8) is 0 Å². The van der Waals surface area contributed by atoms with Crippen molar-refractivity contribution < 1.29 is 15.7 Å². The number of hydrogen-bond donors (Lipinski definition) is 2. The lowest BCUT2D eigenvalue weighted by Gasteiger charge is -1.82. The second-order valence-electron chi connectivity index (χ2n) is 2.41. The standard InChI is InChI=1S/C6H6O.C4H10O.H2O/c7-6-4-2-1-3-5-6;1-2-3-4-5;/h1-5,7H;5H,2-4H2,1H3;1H2. The van der Waals surface area contributed by atoms with E-state index in [-0.39, 0.29) is 5.48 Å². The molecular weight excluding hydrogens is 168 g/mol. The van der Waals surface area contributed by atoms with Crippen LogP contribution in [0.1, 0.15) is 19.8 Å². The molecule has 3 nitrogen and oxygen atoms in total. The molecule has 76 valence electrons. The Bertz CT molecular complexity index is 173. The molecule has 0 aromatic heterocycles. The van der Waals surface area contributed by atoms with Crippen LogP contribution in [0.15, 0.2) is 30.3 Å². The predicted octanol–water partition coefficient (Wildman–Crippen LogP) is 1.35. The Morgan fingerprint density at radius 1 is 1.15 bits per heavy atom. The van der Waals surface area contributed by atoms with Crippen molar-refractivity contribution in [2.75, 3.05) is 6.61 Å². The molecule has 4 N–H and O–H groups in total. The van der Waals surface area contributed by atoms with Crippen LogP contribution < -0.4 is 0 Å². The van der Waals surface area contributed by atoms with E-state index in [4.69, 9.17) is 10.2 Å². The van der Waals surface area contributed by atoms with Crippen LogP contribution in [-0.4, -0.2) is 22.3 Å². The summed E-state index contributed by atoms with van der Waals surface area (Å²) >= 11 is 0. The van der Waals surface area contributed by atoms with Crippen LogP contribution in [-0.2, 0) is 0 Å². The van der Waals surface area contributed by atoms with Crippen molar-refractivity contribution in [3.8, 4) is 5.75 Å². The third-order valence-electron chi connectivity index (χ3n) is 1.27. The molecule has 0 bridgehead atoms. The molecular formula is C10H18O3. The van der Waals surface area contributed by atoms with Crippen LogP contribution in [0, 0.1) is 0 Å². The molecule has 3 heteroatoms. The van der Waals surface area contributed by atoms with E-state index in [1.54, 1.807) is 24.3 Å². The zero-order chi connectivity index (χ0) is 9.23. The number of para-hydroxylation sites is 1. The minimum absolute atomic E-state index is 0. The Hall–Kier alpha value is -1.06. The minimum atomic E-state index is 0. The number of aliphatic hydroxyl groups excluding tert-OH is 1. The van der Waals surface area contributed by atoms with Crippen LogP contribution in [0.2, 0.25) is 0 Å². The van der Waals surface area contributed by atoms with Crippen molar-refractivity contribution in [2.24, 2.45) is 0 Å². The molecule has 0 aliphatic heterocycles. The monoisotopic (exact) mass is 186 g/mol. The molecule has 13 heavy (non-hydrogen) atoms. The number of phenols is 1. The SMILES string of the molecule is CCCCO.O.Oc1ccccc1. The second kappa shape index (κ2) is 10.9. The molecule has 0 spiro atoms. The topological polar surface area (TPSA) is 72.0 Å². The predicted molar refractivity (Wildman–Crippen MR) is 53.7 cm³/mol. The molecule has 0 fully saturated rings. The fraction of sp³-hybridized carbons (Fsp3) is 0.400. The quantitative estimate of drug-likeness (QED) is 0.731. The van der Waals surface area contributed by atoms with Gasteiger partial charge in [-0.2, -0.15) is 0 Å². The number of phenolic OH excluding ortho intramolecular Hbond substituents is 1. The van der Waals surface area contributed by atoms with E-state index < -0.39 is 0 Å². The van der Waals surface area contributed by atoms with Crippen LogP contribution in [0.5, 0.6) is 5.75 Å². The molecule has 0 amide bonds. The summed E-state index contributed by atoms with van der Waals surface area (Å²) in [4.78, 5) is 0. The smallest absolute Gasteiger partial charge is 0.115 e. The first-order chi connectivity index (χ1) is 5.81. The number of aromatic hydroxyl groups is 1. The molecule has 0 unspecified atom stereocenters. The van der Waals surface area contributed by atoms with Crippen molar-refractivity contribution in [1.29, 1.82) is 0 Å². The van der Waals surface area contributed by atoms with Gasteiger partial charge in [0.15, 0.2) is 0 Å². The van der Waals surface area contributed by atoms with Gasteiger partial charge < -0.3 is 15.7 Å². The highest BCUT2D eigenvalue weighted by Crippen LogP contribution is 2.02. The maximum Gasteiger partial charge on any atom is 0.115 e. The third-order valence-corrected chi connectivity index (χ3v) is 1.27. The van der Waals surface area contributed by atoms with Gasteiger partial charge in [-0.3, -0.25) is 0 Å². The Labute approximate surface area is 79.0 Å². The van der Waals surface area contributed by atoms with Gasteiger partial charge in [0, 0.05) is 6.61 Å². The lowest BCUT2D eigenvalue weighted by molar-refractivity contribution is 0.287. The molecule has 1 aromatic carbocycles. The van der Waals surface area contributed by atoms with E-state index in [2.05, 4.69) is 6.92 Å². The van der Waals surface area contributed by atoms with E-state index in [0.29, 0.717) is 12.4 Å². The van der Waals surface area contributed by atoms with Gasteiger partial charge in [-0.15, -0.1) is 0 Å². The van der Waals surface area contributed by atoms with Gasteiger partial charge in [0.25, 0.3) is 0 Å². The van der Waals surface area contributed by atoms with Gasteiger partial charge in [-0.25, -0.2) is 0 Å². The van der Waals surface area contributed by atoms with Gasteiger partial charge in [0.1, 0.15) is 5.75 Å². The van der Waals surface area contributed by atoms with Gasteiger partial charge in [0.2, 0.25) is 0 Å². The summed E-state index contributed by atoms with van der Waals surface area (Å²) in [6.07, 6.45) is 2.04. The van der Waals surface area contributed by atoms with Gasteiger partial charge in [-0.05, 0) is 18.6 Å². The maximum absolute atomic E-state index is 8.63. The summed E-state index contributed by atoms with van der Waals surface area (Å²) in [5, 5.41) is 16.7. The fourth-order valence-electron chi connectivity index (χ4n) is 0.586. The third kappa shape index (κ3) is 10.9. The lowest BCUT2D eigenvalue weighted by Crippen LogP contribution is -1.75. The molecule has 0 atom stereocenters. The highest BCUT2D eigenvalue weighted by Gasteiger charge is 1.74. The average molecular weight is 186 g/mol. The first-order valence-corrected chi connectivity index (χ1v) is 4.16. The number of benzene rings is 1. The molecule has 0 heterocycles. The molecule has 0 aliphatic rings. The molecule has 0 radical (unpaired) electrons.